The number of aliphatic carboxylic acids is 1. The molecule has 1 fully saturated rings. The van der Waals surface area contributed by atoms with E-state index in [4.69, 9.17) is 22.4 Å². The van der Waals surface area contributed by atoms with Crippen LogP contribution in [0.25, 0.3) is 0 Å². The van der Waals surface area contributed by atoms with E-state index in [1.807, 2.05) is 0 Å². The molecule has 4 N–H and O–H groups in total. The number of hydrogen-bond donors (Lipinski definition) is 3. The van der Waals surface area contributed by atoms with Gasteiger partial charge < -0.3 is 15.9 Å². The van der Waals surface area contributed by atoms with E-state index < -0.39 is 11.6 Å². The van der Waals surface area contributed by atoms with Gasteiger partial charge in [0.05, 0.1) is 16.5 Å². The van der Waals surface area contributed by atoms with E-state index in [1.165, 1.54) is 11.8 Å². The van der Waals surface area contributed by atoms with Crippen LogP contribution in [0.4, 0.5) is 5.69 Å². The number of nitrogens with two attached hydrogens (primary N) is 1. The van der Waals surface area contributed by atoms with Crippen LogP contribution >= 0.6 is 23.4 Å². The molecule has 1 saturated carbocycles. The summed E-state index contributed by atoms with van der Waals surface area (Å²) in [5.41, 5.74) is 5.54. The normalized spacial score (nSPS) is 26.4. The van der Waals surface area contributed by atoms with Gasteiger partial charge in [0.25, 0.3) is 0 Å². The lowest BCUT2D eigenvalue weighted by atomic mass is 9.80. The average molecular weight is 316 g/mol. The van der Waals surface area contributed by atoms with Crippen LogP contribution in [-0.4, -0.2) is 27.5 Å². The molecule has 1 aromatic carbocycles. The molecule has 0 radical (unpaired) electrons. The van der Waals surface area contributed by atoms with Gasteiger partial charge >= 0.3 is 5.97 Å². The minimum absolute atomic E-state index is 0.323. The third-order valence-corrected chi connectivity index (χ3v) is 5.49. The molecule has 4 nitrogen and oxygen atoms in total. The Hall–Kier alpha value is -0.910. The van der Waals surface area contributed by atoms with Gasteiger partial charge in [0.1, 0.15) is 0 Å². The van der Waals surface area contributed by atoms with Gasteiger partial charge in [-0.2, -0.15) is 0 Å². The second-order valence-corrected chi connectivity index (χ2v) is 6.74. The van der Waals surface area contributed by atoms with Crippen molar-refractivity contribution in [2.75, 3.05) is 11.5 Å². The van der Waals surface area contributed by atoms with E-state index >= 15 is 0 Å². The molecule has 6 heteroatoms. The molecular weight excluding hydrogens is 298 g/mol. The highest BCUT2D eigenvalue weighted by Gasteiger charge is 2.35. The summed E-state index contributed by atoms with van der Waals surface area (Å²) in [6.45, 7) is 0. The third kappa shape index (κ3) is 3.81. The van der Waals surface area contributed by atoms with Gasteiger partial charge in [-0.3, -0.25) is 4.79 Å². The van der Waals surface area contributed by atoms with Gasteiger partial charge in [0.15, 0.2) is 0 Å². The Labute approximate surface area is 127 Å². The summed E-state index contributed by atoms with van der Waals surface area (Å²) in [5.74, 6) is -0.586. The summed E-state index contributed by atoms with van der Waals surface area (Å²) in [6, 6.07) is 5.27. The molecule has 0 bridgehead atoms. The van der Waals surface area contributed by atoms with Crippen LogP contribution in [0.5, 0.6) is 0 Å². The number of carbonyl (C=O) groups is 1. The maximum absolute atomic E-state index is 10.9. The van der Waals surface area contributed by atoms with Crippen molar-refractivity contribution in [2.45, 2.75) is 36.2 Å². The van der Waals surface area contributed by atoms with Crippen LogP contribution in [0.3, 0.4) is 0 Å². The molecule has 0 amide bonds. The Kier molecular flexibility index (Phi) is 4.83. The third-order valence-electron chi connectivity index (χ3n) is 3.72. The van der Waals surface area contributed by atoms with E-state index in [1.54, 1.807) is 18.2 Å². The number of thioether (sulfide) groups is 1. The highest BCUT2D eigenvalue weighted by atomic mass is 35.5. The standard InChI is InChI=1S/C14H18ClNO3S/c15-11-2-1-10(16)7-12(11)20-8-14(19)5-3-9(4-6-14)13(17)18/h1-2,7,9,19H,3-6,8,16H2,(H,17,18). The fourth-order valence-corrected chi connectivity index (χ4v) is 3.81. The van der Waals surface area contributed by atoms with Crippen LogP contribution < -0.4 is 5.73 Å². The molecule has 0 atom stereocenters. The average Bonchev–Trinajstić information content (AvgIpc) is 2.40. The zero-order valence-corrected chi connectivity index (χ0v) is 12.6. The number of rotatable bonds is 4. The minimum Gasteiger partial charge on any atom is -0.481 e. The number of halogens is 1. The number of hydrogen-bond acceptors (Lipinski definition) is 4. The first-order valence-electron chi connectivity index (χ1n) is 6.53. The van der Waals surface area contributed by atoms with E-state index in [2.05, 4.69) is 0 Å². The molecule has 110 valence electrons. The lowest BCUT2D eigenvalue weighted by Crippen LogP contribution is -2.38. The molecule has 20 heavy (non-hydrogen) atoms. The number of anilines is 1. The predicted octanol–water partition coefficient (Wildman–Crippen LogP) is 3.02. The van der Waals surface area contributed by atoms with Gasteiger partial charge in [0.2, 0.25) is 0 Å². The van der Waals surface area contributed by atoms with Crippen molar-refractivity contribution in [3.05, 3.63) is 23.2 Å². The lowest BCUT2D eigenvalue weighted by Gasteiger charge is -2.34. The van der Waals surface area contributed by atoms with Crippen LogP contribution in [0.2, 0.25) is 5.02 Å². The number of aliphatic hydroxyl groups is 1. The number of benzene rings is 1. The molecule has 0 aromatic heterocycles. The molecule has 0 heterocycles. The first kappa shape index (κ1) is 15.5. The van der Waals surface area contributed by atoms with Gasteiger partial charge in [0, 0.05) is 16.3 Å². The monoisotopic (exact) mass is 315 g/mol. The van der Waals surface area contributed by atoms with E-state index in [0.717, 1.165) is 4.90 Å². The van der Waals surface area contributed by atoms with Crippen molar-refractivity contribution < 1.29 is 15.0 Å². The van der Waals surface area contributed by atoms with Crippen molar-refractivity contribution in [3.63, 3.8) is 0 Å². The molecule has 1 aliphatic carbocycles. The van der Waals surface area contributed by atoms with Gasteiger partial charge in [-0.1, -0.05) is 11.6 Å². The Balaban J connectivity index is 1.94. The largest absolute Gasteiger partial charge is 0.481 e. The maximum Gasteiger partial charge on any atom is 0.306 e. The Morgan fingerprint density at radius 3 is 2.70 bits per heavy atom. The summed E-state index contributed by atoms with van der Waals surface area (Å²) in [6.07, 6.45) is 2.07. The lowest BCUT2D eigenvalue weighted by molar-refractivity contribution is -0.144. The smallest absolute Gasteiger partial charge is 0.306 e. The fourth-order valence-electron chi connectivity index (χ4n) is 2.39. The fraction of sp³-hybridized carbons (Fsp3) is 0.500. The molecule has 1 aliphatic rings. The van der Waals surface area contributed by atoms with Crippen molar-refractivity contribution in [3.8, 4) is 0 Å². The summed E-state index contributed by atoms with van der Waals surface area (Å²) in [5, 5.41) is 20.1. The van der Waals surface area contributed by atoms with Crippen molar-refractivity contribution in [1.29, 1.82) is 0 Å². The number of nitrogen functional groups attached to an aromatic ring is 1. The van der Waals surface area contributed by atoms with Crippen molar-refractivity contribution in [1.82, 2.24) is 0 Å². The zero-order valence-electron chi connectivity index (χ0n) is 11.0. The summed E-state index contributed by atoms with van der Waals surface area (Å²) in [4.78, 5) is 11.8. The zero-order chi connectivity index (χ0) is 14.8. The summed E-state index contributed by atoms with van der Waals surface area (Å²) >= 11 is 7.56. The Bertz CT molecular complexity index is 501. The minimum atomic E-state index is -0.815. The Morgan fingerprint density at radius 2 is 2.10 bits per heavy atom. The second kappa shape index (κ2) is 6.24. The quantitative estimate of drug-likeness (QED) is 0.587. The SMILES string of the molecule is Nc1ccc(Cl)c(SCC2(O)CCC(C(=O)O)CC2)c1. The first-order valence-corrected chi connectivity index (χ1v) is 7.89. The number of carboxylic acid groups (broad SMARTS) is 1. The van der Waals surface area contributed by atoms with Crippen LogP contribution in [0.1, 0.15) is 25.7 Å². The molecule has 1 aromatic rings. The highest BCUT2D eigenvalue weighted by Crippen LogP contribution is 2.38. The van der Waals surface area contributed by atoms with Crippen LogP contribution in [0.15, 0.2) is 23.1 Å². The molecule has 0 spiro atoms. The maximum atomic E-state index is 10.9. The first-order chi connectivity index (χ1) is 9.39. The second-order valence-electron chi connectivity index (χ2n) is 5.32. The highest BCUT2D eigenvalue weighted by molar-refractivity contribution is 7.99. The van der Waals surface area contributed by atoms with Crippen molar-refractivity contribution in [2.24, 2.45) is 5.92 Å². The number of carboxylic acids is 1. The Morgan fingerprint density at radius 1 is 1.45 bits per heavy atom. The molecule has 0 unspecified atom stereocenters. The molecule has 2 rings (SSSR count). The van der Waals surface area contributed by atoms with E-state index in [0.29, 0.717) is 42.1 Å². The van der Waals surface area contributed by atoms with Gasteiger partial charge in [-0.05, 0) is 43.9 Å². The van der Waals surface area contributed by atoms with Crippen LogP contribution in [-0.2, 0) is 4.79 Å². The summed E-state index contributed by atoms with van der Waals surface area (Å²) < 4.78 is 0. The molecular formula is C14H18ClNO3S. The van der Waals surface area contributed by atoms with Crippen LogP contribution in [0, 0.1) is 5.92 Å². The topological polar surface area (TPSA) is 83.5 Å². The molecule has 0 aliphatic heterocycles. The molecule has 0 saturated heterocycles. The van der Waals surface area contributed by atoms with E-state index in [9.17, 15) is 9.90 Å². The van der Waals surface area contributed by atoms with Gasteiger partial charge in [-0.25, -0.2) is 0 Å². The predicted molar refractivity (Wildman–Crippen MR) is 81.1 cm³/mol. The summed E-state index contributed by atoms with van der Waals surface area (Å²) in [7, 11) is 0. The van der Waals surface area contributed by atoms with Crippen molar-refractivity contribution >= 4 is 35.0 Å². The van der Waals surface area contributed by atoms with E-state index in [-0.39, 0.29) is 5.92 Å². The van der Waals surface area contributed by atoms with Gasteiger partial charge in [-0.15, -0.1) is 11.8 Å².